The molecule has 2 saturated carbocycles. The van der Waals surface area contributed by atoms with E-state index in [2.05, 4.69) is 111 Å². The fourth-order valence-corrected chi connectivity index (χ4v) is 10.0. The van der Waals surface area contributed by atoms with Crippen LogP contribution in [0.3, 0.4) is 0 Å². The van der Waals surface area contributed by atoms with Crippen LogP contribution in [0.25, 0.3) is 22.3 Å². The molecule has 3 nitrogen and oxygen atoms in total. The molecule has 4 aromatic rings. The van der Waals surface area contributed by atoms with Gasteiger partial charge in [-0.15, -0.1) is 0 Å². The summed E-state index contributed by atoms with van der Waals surface area (Å²) in [5.41, 5.74) is 10.6. The average Bonchev–Trinajstić information content (AvgIpc) is 3.30. The lowest BCUT2D eigenvalue weighted by atomic mass is 9.76. The number of unbranched alkanes of at least 4 members (excludes halogenated alkanes) is 6. The van der Waals surface area contributed by atoms with Crippen LogP contribution in [0, 0.1) is 11.8 Å². The molecule has 0 spiro atoms. The molecule has 0 heterocycles. The topological polar surface area (TPSA) is 51.2 Å². The molecule has 0 unspecified atom stereocenters. The zero-order valence-corrected chi connectivity index (χ0v) is 37.2. The van der Waals surface area contributed by atoms with Crippen molar-refractivity contribution < 1.29 is 14.4 Å². The second kappa shape index (κ2) is 24.4. The maximum atomic E-state index is 12.6. The van der Waals surface area contributed by atoms with Crippen LogP contribution >= 0.6 is 0 Å². The summed E-state index contributed by atoms with van der Waals surface area (Å²) >= 11 is 0. The Morgan fingerprint density at radius 1 is 0.383 bits per heavy atom. The van der Waals surface area contributed by atoms with Gasteiger partial charge in [0.2, 0.25) is 0 Å². The van der Waals surface area contributed by atoms with Gasteiger partial charge >= 0.3 is 0 Å². The molecule has 0 aliphatic heterocycles. The molecular formula is C57H74O3. The molecule has 0 aromatic heterocycles. The van der Waals surface area contributed by atoms with Gasteiger partial charge in [-0.25, -0.2) is 0 Å². The molecule has 4 aromatic carbocycles. The highest BCUT2D eigenvalue weighted by Gasteiger charge is 2.28. The summed E-state index contributed by atoms with van der Waals surface area (Å²) in [7, 11) is 0. The number of Topliss-reactive ketones (excluding diaryl/α,β-unsaturated/α-hetero) is 3. The van der Waals surface area contributed by atoms with Crippen molar-refractivity contribution >= 4 is 17.3 Å². The maximum Gasteiger partial charge on any atom is 0.135 e. The smallest absolute Gasteiger partial charge is 0.135 e. The molecule has 0 amide bonds. The van der Waals surface area contributed by atoms with Crippen LogP contribution in [0.5, 0.6) is 0 Å². The number of carbonyl (C=O) groups excluding carboxylic acids is 3. The standard InChI is InChI=1S/C57H74O3/c1-3-5-17-56(59)53-39-35-51(36-40-53)49-31-27-47(28-32-49)45-23-19-43(20-24-45)13-9-7-11-15-55(58)16-12-8-10-14-44-21-25-46(26-22-44)48-29-33-50(34-30-48)52-37-41-54(42-38-52)57(60)18-6-4-2/h19-34,51-54H,3-18,35-42H2,1-2H3/t51-,52?,53-,54?. The molecule has 0 radical (unpaired) electrons. The van der Waals surface area contributed by atoms with E-state index < -0.39 is 0 Å². The first-order valence-electron chi connectivity index (χ1n) is 24.4. The predicted molar refractivity (Wildman–Crippen MR) is 252 cm³/mol. The van der Waals surface area contributed by atoms with Crippen LogP contribution in [-0.4, -0.2) is 17.3 Å². The van der Waals surface area contributed by atoms with Crippen molar-refractivity contribution in [3.05, 3.63) is 119 Å². The van der Waals surface area contributed by atoms with Gasteiger partial charge in [-0.1, -0.05) is 137 Å². The minimum atomic E-state index is 0.295. The third-order valence-electron chi connectivity index (χ3n) is 14.1. The summed E-state index contributed by atoms with van der Waals surface area (Å²) < 4.78 is 0. The zero-order valence-electron chi connectivity index (χ0n) is 37.2. The Balaban J connectivity index is 0.795. The van der Waals surface area contributed by atoms with Gasteiger partial charge in [0.15, 0.2) is 0 Å². The van der Waals surface area contributed by atoms with Crippen LogP contribution in [0.2, 0.25) is 0 Å². The number of ketones is 3. The van der Waals surface area contributed by atoms with Crippen LogP contribution < -0.4 is 0 Å². The van der Waals surface area contributed by atoms with Crippen molar-refractivity contribution in [2.24, 2.45) is 11.8 Å². The molecule has 60 heavy (non-hydrogen) atoms. The summed E-state index contributed by atoms with van der Waals surface area (Å²) in [4.78, 5) is 37.6. The normalized spacial score (nSPS) is 19.2. The largest absolute Gasteiger partial charge is 0.300 e. The van der Waals surface area contributed by atoms with E-state index in [1.165, 1.54) is 44.5 Å². The molecular weight excluding hydrogens is 733 g/mol. The molecule has 0 saturated heterocycles. The van der Waals surface area contributed by atoms with Crippen LogP contribution in [0.4, 0.5) is 0 Å². The highest BCUT2D eigenvalue weighted by atomic mass is 16.1. The first-order chi connectivity index (χ1) is 29.4. The van der Waals surface area contributed by atoms with Gasteiger partial charge in [0, 0.05) is 37.5 Å². The van der Waals surface area contributed by atoms with Gasteiger partial charge in [-0.2, -0.15) is 0 Å². The third-order valence-corrected chi connectivity index (χ3v) is 14.1. The first kappa shape index (κ1) is 45.4. The van der Waals surface area contributed by atoms with Gasteiger partial charge < -0.3 is 0 Å². The molecule has 2 aliphatic rings. The lowest BCUT2D eigenvalue weighted by molar-refractivity contribution is -0.124. The van der Waals surface area contributed by atoms with E-state index in [4.69, 9.17) is 0 Å². The van der Waals surface area contributed by atoms with Gasteiger partial charge in [-0.3, -0.25) is 14.4 Å². The van der Waals surface area contributed by atoms with E-state index in [-0.39, 0.29) is 0 Å². The number of aryl methyl sites for hydroxylation is 2. The minimum absolute atomic E-state index is 0.295. The number of rotatable bonds is 24. The van der Waals surface area contributed by atoms with E-state index in [0.717, 1.165) is 154 Å². The third kappa shape index (κ3) is 14.0. The SMILES string of the molecule is CCCCC(=O)C1CCC(c2ccc(-c3ccc(CCCCCC(=O)CCCCCc4ccc(-c5ccc([C@H]6CC[C@H](C(=O)CCCC)CC6)cc5)cc4)cc3)cc2)CC1. The van der Waals surface area contributed by atoms with Crippen molar-refractivity contribution in [2.75, 3.05) is 0 Å². The Bertz CT molecular complexity index is 1730. The fraction of sp³-hybridized carbons (Fsp3) is 0.526. The average molecular weight is 807 g/mol. The Kier molecular flexibility index (Phi) is 18.4. The molecule has 0 N–H and O–H groups in total. The van der Waals surface area contributed by atoms with E-state index in [1.54, 1.807) is 0 Å². The van der Waals surface area contributed by atoms with Crippen LogP contribution in [0.1, 0.15) is 189 Å². The summed E-state index contributed by atoms with van der Waals surface area (Å²) in [5.74, 6) is 3.18. The summed E-state index contributed by atoms with van der Waals surface area (Å²) in [5, 5.41) is 0. The highest BCUT2D eigenvalue weighted by molar-refractivity contribution is 5.81. The van der Waals surface area contributed by atoms with Gasteiger partial charge in [-0.05, 0) is 159 Å². The number of hydrogen-bond acceptors (Lipinski definition) is 3. The number of carbonyl (C=O) groups is 3. The molecule has 2 aliphatic carbocycles. The summed E-state index contributed by atoms with van der Waals surface area (Å²) in [6.07, 6.45) is 24.6. The maximum absolute atomic E-state index is 12.6. The van der Waals surface area contributed by atoms with Crippen LogP contribution in [0.15, 0.2) is 97.1 Å². The number of benzene rings is 4. The summed E-state index contributed by atoms with van der Waals surface area (Å²) in [6.45, 7) is 4.32. The molecule has 0 atom stereocenters. The zero-order chi connectivity index (χ0) is 41.9. The van der Waals surface area contributed by atoms with Crippen molar-refractivity contribution in [1.29, 1.82) is 0 Å². The van der Waals surface area contributed by atoms with Crippen LogP contribution in [-0.2, 0) is 27.2 Å². The second-order valence-corrected chi connectivity index (χ2v) is 18.5. The van der Waals surface area contributed by atoms with Gasteiger partial charge in [0.05, 0.1) is 0 Å². The Labute approximate surface area is 363 Å². The quantitative estimate of drug-likeness (QED) is 0.0663. The monoisotopic (exact) mass is 807 g/mol. The molecule has 6 rings (SSSR count). The van der Waals surface area contributed by atoms with Crippen molar-refractivity contribution in [3.8, 4) is 22.3 Å². The van der Waals surface area contributed by atoms with Crippen molar-refractivity contribution in [2.45, 2.75) is 180 Å². The summed E-state index contributed by atoms with van der Waals surface area (Å²) in [6, 6.07) is 36.4. The fourth-order valence-electron chi connectivity index (χ4n) is 10.0. The minimum Gasteiger partial charge on any atom is -0.300 e. The molecule has 2 fully saturated rings. The predicted octanol–water partition coefficient (Wildman–Crippen LogP) is 15.6. The second-order valence-electron chi connectivity index (χ2n) is 18.5. The van der Waals surface area contributed by atoms with E-state index >= 15 is 0 Å². The van der Waals surface area contributed by atoms with Crippen molar-refractivity contribution in [3.63, 3.8) is 0 Å². The van der Waals surface area contributed by atoms with E-state index in [1.807, 2.05) is 0 Å². The van der Waals surface area contributed by atoms with Gasteiger partial charge in [0.25, 0.3) is 0 Å². The van der Waals surface area contributed by atoms with E-state index in [9.17, 15) is 14.4 Å². The lowest BCUT2D eigenvalue weighted by Gasteiger charge is -2.28. The van der Waals surface area contributed by atoms with Gasteiger partial charge in [0.1, 0.15) is 17.3 Å². The molecule has 0 bridgehead atoms. The molecule has 320 valence electrons. The Morgan fingerprint density at radius 2 is 0.717 bits per heavy atom. The Morgan fingerprint density at radius 3 is 1.05 bits per heavy atom. The highest BCUT2D eigenvalue weighted by Crippen LogP contribution is 2.39. The molecule has 3 heteroatoms. The lowest BCUT2D eigenvalue weighted by Crippen LogP contribution is -2.21. The van der Waals surface area contributed by atoms with Crippen molar-refractivity contribution in [1.82, 2.24) is 0 Å². The first-order valence-corrected chi connectivity index (χ1v) is 24.4. The Hall–Kier alpha value is -4.11. The number of hydrogen-bond donors (Lipinski definition) is 0. The van der Waals surface area contributed by atoms with E-state index in [0.29, 0.717) is 41.0 Å².